The third-order valence-electron chi connectivity index (χ3n) is 3.94. The van der Waals surface area contributed by atoms with Gasteiger partial charge in [-0.3, -0.25) is 4.79 Å². The van der Waals surface area contributed by atoms with Crippen LogP contribution in [0.5, 0.6) is 17.2 Å². The largest absolute Gasteiger partial charge is 0.504 e. The highest BCUT2D eigenvalue weighted by Gasteiger charge is 2.04. The number of methoxy groups -OCH3 is 1. The molecular formula is C22H20N2O4. The number of aromatic hydroxyl groups is 1. The molecule has 1 amide bonds. The van der Waals surface area contributed by atoms with Crippen molar-refractivity contribution in [2.75, 3.05) is 13.7 Å². The van der Waals surface area contributed by atoms with Crippen LogP contribution in [0.4, 0.5) is 0 Å². The maximum absolute atomic E-state index is 11.9. The van der Waals surface area contributed by atoms with Crippen molar-refractivity contribution in [2.24, 2.45) is 5.10 Å². The zero-order valence-electron chi connectivity index (χ0n) is 15.3. The van der Waals surface area contributed by atoms with Gasteiger partial charge in [0.15, 0.2) is 18.1 Å². The lowest BCUT2D eigenvalue weighted by Gasteiger charge is -2.07. The fraction of sp³-hybridized carbons (Fsp3) is 0.0909. The van der Waals surface area contributed by atoms with Crippen LogP contribution in [0, 0.1) is 0 Å². The Morgan fingerprint density at radius 2 is 1.75 bits per heavy atom. The van der Waals surface area contributed by atoms with Gasteiger partial charge in [-0.25, -0.2) is 5.43 Å². The molecule has 0 bridgehead atoms. The van der Waals surface area contributed by atoms with Gasteiger partial charge >= 0.3 is 0 Å². The van der Waals surface area contributed by atoms with Gasteiger partial charge < -0.3 is 14.6 Å². The summed E-state index contributed by atoms with van der Waals surface area (Å²) in [7, 11) is 1.46. The Balaban J connectivity index is 1.49. The van der Waals surface area contributed by atoms with Crippen molar-refractivity contribution in [1.29, 1.82) is 0 Å². The van der Waals surface area contributed by atoms with E-state index in [2.05, 4.69) is 10.5 Å². The summed E-state index contributed by atoms with van der Waals surface area (Å²) in [6, 6.07) is 22.3. The Morgan fingerprint density at radius 3 is 2.46 bits per heavy atom. The van der Waals surface area contributed by atoms with E-state index in [1.165, 1.54) is 19.4 Å². The summed E-state index contributed by atoms with van der Waals surface area (Å²) in [6.45, 7) is -0.152. The lowest BCUT2D eigenvalue weighted by atomic mass is 10.1. The number of hydrazone groups is 1. The Bertz CT molecular complexity index is 954. The SMILES string of the molecule is COc1cc(/C=N\NC(=O)COc2ccc(-c3ccccc3)cc2)ccc1O. The molecule has 3 aromatic carbocycles. The average molecular weight is 376 g/mol. The molecule has 6 nitrogen and oxygen atoms in total. The number of rotatable bonds is 7. The monoisotopic (exact) mass is 376 g/mol. The minimum Gasteiger partial charge on any atom is -0.504 e. The standard InChI is InChI=1S/C22H20N2O4/c1-27-21-13-16(7-12-20(21)25)14-23-24-22(26)15-28-19-10-8-18(9-11-19)17-5-3-2-4-6-17/h2-14,25H,15H2,1H3,(H,24,26)/b23-14-. The first-order valence-electron chi connectivity index (χ1n) is 8.63. The fourth-order valence-corrected chi connectivity index (χ4v) is 2.51. The number of amides is 1. The van der Waals surface area contributed by atoms with Crippen molar-refractivity contribution >= 4 is 12.1 Å². The molecular weight excluding hydrogens is 356 g/mol. The van der Waals surface area contributed by atoms with Crippen LogP contribution < -0.4 is 14.9 Å². The summed E-state index contributed by atoms with van der Waals surface area (Å²) in [4.78, 5) is 11.9. The Hall–Kier alpha value is -3.80. The zero-order valence-corrected chi connectivity index (χ0v) is 15.3. The smallest absolute Gasteiger partial charge is 0.277 e. The molecule has 0 fully saturated rings. The normalized spacial score (nSPS) is 10.6. The highest BCUT2D eigenvalue weighted by Crippen LogP contribution is 2.25. The molecule has 0 radical (unpaired) electrons. The van der Waals surface area contributed by atoms with E-state index in [9.17, 15) is 9.90 Å². The number of carbonyl (C=O) groups is 1. The van der Waals surface area contributed by atoms with Crippen LogP contribution in [0.3, 0.4) is 0 Å². The molecule has 2 N–H and O–H groups in total. The van der Waals surface area contributed by atoms with Crippen LogP contribution in [0.2, 0.25) is 0 Å². The molecule has 0 atom stereocenters. The minimum atomic E-state index is -0.380. The number of nitrogens with one attached hydrogen (secondary N) is 1. The van der Waals surface area contributed by atoms with E-state index in [1.807, 2.05) is 54.6 Å². The van der Waals surface area contributed by atoms with Gasteiger partial charge in [-0.2, -0.15) is 5.10 Å². The first-order chi connectivity index (χ1) is 13.7. The first-order valence-corrected chi connectivity index (χ1v) is 8.63. The second-order valence-electron chi connectivity index (χ2n) is 5.90. The predicted octanol–water partition coefficient (Wildman–Crippen LogP) is 3.60. The van der Waals surface area contributed by atoms with E-state index in [-0.39, 0.29) is 18.3 Å². The predicted molar refractivity (Wildman–Crippen MR) is 108 cm³/mol. The molecule has 0 aliphatic heterocycles. The van der Waals surface area contributed by atoms with Gasteiger partial charge in [-0.15, -0.1) is 0 Å². The quantitative estimate of drug-likeness (QED) is 0.488. The first kappa shape index (κ1) is 19.0. The number of hydrogen-bond donors (Lipinski definition) is 2. The van der Waals surface area contributed by atoms with Gasteiger partial charge in [-0.05, 0) is 47.0 Å². The minimum absolute atomic E-state index is 0.0374. The van der Waals surface area contributed by atoms with Crippen molar-refractivity contribution in [3.63, 3.8) is 0 Å². The lowest BCUT2D eigenvalue weighted by molar-refractivity contribution is -0.123. The number of phenolic OH excluding ortho intramolecular Hbond substituents is 1. The summed E-state index contributed by atoms with van der Waals surface area (Å²) in [6.07, 6.45) is 1.45. The molecule has 3 rings (SSSR count). The molecule has 142 valence electrons. The Morgan fingerprint density at radius 1 is 1.04 bits per heavy atom. The van der Waals surface area contributed by atoms with Crippen LogP contribution in [0.25, 0.3) is 11.1 Å². The van der Waals surface area contributed by atoms with Gasteiger partial charge in [-0.1, -0.05) is 42.5 Å². The maximum Gasteiger partial charge on any atom is 0.277 e. The average Bonchev–Trinajstić information content (AvgIpc) is 2.74. The molecule has 6 heteroatoms. The molecule has 3 aromatic rings. The molecule has 0 spiro atoms. The van der Waals surface area contributed by atoms with Gasteiger partial charge in [0, 0.05) is 0 Å². The van der Waals surface area contributed by atoms with Crippen molar-refractivity contribution in [1.82, 2.24) is 5.43 Å². The molecule has 0 saturated heterocycles. The Labute approximate surface area is 163 Å². The van der Waals surface area contributed by atoms with Crippen molar-refractivity contribution in [3.05, 3.63) is 78.4 Å². The molecule has 0 unspecified atom stereocenters. The zero-order chi connectivity index (χ0) is 19.8. The number of benzene rings is 3. The Kier molecular flexibility index (Phi) is 6.25. The topological polar surface area (TPSA) is 80.2 Å². The van der Waals surface area contributed by atoms with E-state index >= 15 is 0 Å². The van der Waals surface area contributed by atoms with Crippen molar-refractivity contribution in [3.8, 4) is 28.4 Å². The highest BCUT2D eigenvalue weighted by atomic mass is 16.5. The summed E-state index contributed by atoms with van der Waals surface area (Å²) in [5.41, 5.74) is 5.26. The summed E-state index contributed by atoms with van der Waals surface area (Å²) >= 11 is 0. The number of phenols is 1. The lowest BCUT2D eigenvalue weighted by Crippen LogP contribution is -2.24. The third-order valence-corrected chi connectivity index (χ3v) is 3.94. The van der Waals surface area contributed by atoms with Crippen molar-refractivity contribution in [2.45, 2.75) is 0 Å². The van der Waals surface area contributed by atoms with Crippen LogP contribution in [-0.2, 0) is 4.79 Å². The number of nitrogens with zero attached hydrogens (tertiary/aromatic N) is 1. The van der Waals surface area contributed by atoms with Crippen LogP contribution in [0.1, 0.15) is 5.56 Å². The molecule has 0 aliphatic rings. The highest BCUT2D eigenvalue weighted by molar-refractivity contribution is 5.83. The number of carbonyl (C=O) groups excluding carboxylic acids is 1. The maximum atomic E-state index is 11.9. The van der Waals surface area contributed by atoms with E-state index in [1.54, 1.807) is 12.1 Å². The molecule has 0 aromatic heterocycles. The summed E-state index contributed by atoms with van der Waals surface area (Å²) in [5, 5.41) is 13.4. The fourth-order valence-electron chi connectivity index (χ4n) is 2.51. The molecule has 0 aliphatic carbocycles. The van der Waals surface area contributed by atoms with Gasteiger partial charge in [0.05, 0.1) is 13.3 Å². The van der Waals surface area contributed by atoms with E-state index < -0.39 is 0 Å². The van der Waals surface area contributed by atoms with Gasteiger partial charge in [0.2, 0.25) is 0 Å². The molecule has 0 heterocycles. The second kappa shape index (κ2) is 9.23. The summed E-state index contributed by atoms with van der Waals surface area (Å²) < 4.78 is 10.5. The van der Waals surface area contributed by atoms with Crippen LogP contribution in [0.15, 0.2) is 77.9 Å². The van der Waals surface area contributed by atoms with E-state index in [0.29, 0.717) is 17.1 Å². The number of ether oxygens (including phenoxy) is 2. The van der Waals surface area contributed by atoms with Gasteiger partial charge in [0.1, 0.15) is 5.75 Å². The van der Waals surface area contributed by atoms with Gasteiger partial charge in [0.25, 0.3) is 5.91 Å². The van der Waals surface area contributed by atoms with E-state index in [4.69, 9.17) is 9.47 Å². The van der Waals surface area contributed by atoms with E-state index in [0.717, 1.165) is 11.1 Å². The second-order valence-corrected chi connectivity index (χ2v) is 5.90. The number of hydrogen-bond acceptors (Lipinski definition) is 5. The third kappa shape index (κ3) is 5.11. The molecule has 28 heavy (non-hydrogen) atoms. The van der Waals surface area contributed by atoms with Crippen LogP contribution >= 0.6 is 0 Å². The summed E-state index contributed by atoms with van der Waals surface area (Å²) in [5.74, 6) is 0.587. The molecule has 0 saturated carbocycles. The van der Waals surface area contributed by atoms with Crippen LogP contribution in [-0.4, -0.2) is 30.9 Å². The van der Waals surface area contributed by atoms with Crippen molar-refractivity contribution < 1.29 is 19.4 Å².